The van der Waals surface area contributed by atoms with Crippen molar-refractivity contribution in [2.45, 2.75) is 0 Å². The van der Waals surface area contributed by atoms with Gasteiger partial charge in [0.25, 0.3) is 5.91 Å². The van der Waals surface area contributed by atoms with Crippen molar-refractivity contribution in [1.82, 2.24) is 0 Å². The van der Waals surface area contributed by atoms with E-state index in [0.29, 0.717) is 17.2 Å². The lowest BCUT2D eigenvalue weighted by Gasteiger charge is -2.11. The number of hydrogen-bond acceptors (Lipinski definition) is 5. The molecule has 1 N–H and O–H groups in total. The molecule has 3 rings (SSSR count). The standard InChI is InChI=1S/C21H19NO5/c1-25-18-11-10-15(12-19(18)26-2)21(24)27-13-20(23)22-17-9-5-7-14-6-3-4-8-16(14)17/h3-12H,13H2,1-2H3,(H,22,23). The smallest absolute Gasteiger partial charge is 0.338 e. The molecule has 0 heterocycles. The van der Waals surface area contributed by atoms with Crippen LogP contribution in [-0.2, 0) is 9.53 Å². The zero-order valence-electron chi connectivity index (χ0n) is 15.0. The van der Waals surface area contributed by atoms with Gasteiger partial charge in [0, 0.05) is 11.1 Å². The second-order valence-corrected chi connectivity index (χ2v) is 5.72. The second kappa shape index (κ2) is 8.23. The molecule has 0 aliphatic rings. The number of amides is 1. The predicted octanol–water partition coefficient (Wildman–Crippen LogP) is 3.65. The largest absolute Gasteiger partial charge is 0.493 e. The van der Waals surface area contributed by atoms with Gasteiger partial charge < -0.3 is 19.5 Å². The Morgan fingerprint density at radius 1 is 0.889 bits per heavy atom. The average Bonchev–Trinajstić information content (AvgIpc) is 2.71. The third kappa shape index (κ3) is 4.17. The van der Waals surface area contributed by atoms with E-state index in [4.69, 9.17) is 14.2 Å². The van der Waals surface area contributed by atoms with Gasteiger partial charge in [0.2, 0.25) is 0 Å². The fourth-order valence-corrected chi connectivity index (χ4v) is 2.70. The molecule has 0 aliphatic carbocycles. The molecule has 0 aliphatic heterocycles. The summed E-state index contributed by atoms with van der Waals surface area (Å²) >= 11 is 0. The maximum atomic E-state index is 12.2. The Hall–Kier alpha value is -3.54. The highest BCUT2D eigenvalue weighted by atomic mass is 16.5. The summed E-state index contributed by atoms with van der Waals surface area (Å²) in [6.45, 7) is -0.392. The minimum Gasteiger partial charge on any atom is -0.493 e. The van der Waals surface area contributed by atoms with Crippen LogP contribution in [0.5, 0.6) is 11.5 Å². The van der Waals surface area contributed by atoms with Crippen molar-refractivity contribution in [2.24, 2.45) is 0 Å². The van der Waals surface area contributed by atoms with Crippen molar-refractivity contribution in [2.75, 3.05) is 26.1 Å². The first-order valence-corrected chi connectivity index (χ1v) is 8.29. The molecule has 0 bridgehead atoms. The predicted molar refractivity (Wildman–Crippen MR) is 102 cm³/mol. The minimum absolute atomic E-state index is 0.269. The first kappa shape index (κ1) is 18.3. The van der Waals surface area contributed by atoms with E-state index in [0.717, 1.165) is 10.8 Å². The fourth-order valence-electron chi connectivity index (χ4n) is 2.70. The van der Waals surface area contributed by atoms with Gasteiger partial charge in [-0.15, -0.1) is 0 Å². The number of benzene rings is 3. The molecule has 0 fully saturated rings. The maximum Gasteiger partial charge on any atom is 0.338 e. The highest BCUT2D eigenvalue weighted by Gasteiger charge is 2.14. The van der Waals surface area contributed by atoms with Crippen molar-refractivity contribution in [3.05, 3.63) is 66.2 Å². The Balaban J connectivity index is 1.64. The Kier molecular flexibility index (Phi) is 5.56. The molecular weight excluding hydrogens is 346 g/mol. The van der Waals surface area contributed by atoms with Crippen LogP contribution in [0.25, 0.3) is 10.8 Å². The molecule has 0 radical (unpaired) electrons. The normalized spacial score (nSPS) is 10.3. The van der Waals surface area contributed by atoms with E-state index in [1.807, 2.05) is 36.4 Å². The Labute approximate surface area is 156 Å². The zero-order valence-corrected chi connectivity index (χ0v) is 15.0. The number of esters is 1. The fraction of sp³-hybridized carbons (Fsp3) is 0.143. The number of ether oxygens (including phenoxy) is 3. The molecular formula is C21H19NO5. The van der Waals surface area contributed by atoms with E-state index >= 15 is 0 Å². The quantitative estimate of drug-likeness (QED) is 0.675. The molecule has 0 saturated heterocycles. The van der Waals surface area contributed by atoms with Crippen LogP contribution in [0.3, 0.4) is 0 Å². The first-order valence-electron chi connectivity index (χ1n) is 8.29. The Morgan fingerprint density at radius 2 is 1.63 bits per heavy atom. The van der Waals surface area contributed by atoms with Crippen molar-refractivity contribution in [1.29, 1.82) is 0 Å². The summed E-state index contributed by atoms with van der Waals surface area (Å²) in [6, 6.07) is 18.0. The van der Waals surface area contributed by atoms with E-state index in [-0.39, 0.29) is 5.56 Å². The number of anilines is 1. The monoisotopic (exact) mass is 365 g/mol. The molecule has 27 heavy (non-hydrogen) atoms. The van der Waals surface area contributed by atoms with Crippen molar-refractivity contribution < 1.29 is 23.8 Å². The highest BCUT2D eigenvalue weighted by Crippen LogP contribution is 2.28. The van der Waals surface area contributed by atoms with Crippen LogP contribution in [0.15, 0.2) is 60.7 Å². The van der Waals surface area contributed by atoms with Gasteiger partial charge in [-0.3, -0.25) is 4.79 Å². The van der Waals surface area contributed by atoms with Gasteiger partial charge in [-0.25, -0.2) is 4.79 Å². The topological polar surface area (TPSA) is 73.9 Å². The summed E-state index contributed by atoms with van der Waals surface area (Å²) in [6.07, 6.45) is 0. The molecule has 0 spiro atoms. The molecule has 6 nitrogen and oxygen atoms in total. The lowest BCUT2D eigenvalue weighted by Crippen LogP contribution is -2.21. The number of hydrogen-bond donors (Lipinski definition) is 1. The SMILES string of the molecule is COc1ccc(C(=O)OCC(=O)Nc2cccc3ccccc23)cc1OC. The minimum atomic E-state index is -0.621. The summed E-state index contributed by atoms with van der Waals surface area (Å²) in [7, 11) is 2.98. The van der Waals surface area contributed by atoms with E-state index < -0.39 is 18.5 Å². The summed E-state index contributed by atoms with van der Waals surface area (Å²) in [5.74, 6) is -0.126. The van der Waals surface area contributed by atoms with Crippen LogP contribution in [0.4, 0.5) is 5.69 Å². The van der Waals surface area contributed by atoms with Gasteiger partial charge in [-0.05, 0) is 29.7 Å². The number of rotatable bonds is 6. The van der Waals surface area contributed by atoms with Crippen LogP contribution in [0, 0.1) is 0 Å². The van der Waals surface area contributed by atoms with E-state index in [1.54, 1.807) is 18.2 Å². The van der Waals surface area contributed by atoms with Gasteiger partial charge in [-0.2, -0.15) is 0 Å². The molecule has 138 valence electrons. The molecule has 3 aromatic carbocycles. The molecule has 3 aromatic rings. The van der Waals surface area contributed by atoms with Crippen molar-refractivity contribution in [3.63, 3.8) is 0 Å². The summed E-state index contributed by atoms with van der Waals surface area (Å²) in [5.41, 5.74) is 0.936. The molecule has 0 atom stereocenters. The molecule has 6 heteroatoms. The third-order valence-electron chi connectivity index (χ3n) is 4.02. The van der Waals surface area contributed by atoms with Crippen molar-refractivity contribution in [3.8, 4) is 11.5 Å². The Morgan fingerprint density at radius 3 is 2.41 bits per heavy atom. The lowest BCUT2D eigenvalue weighted by atomic mass is 10.1. The van der Waals surface area contributed by atoms with Gasteiger partial charge in [0.05, 0.1) is 19.8 Å². The average molecular weight is 365 g/mol. The van der Waals surface area contributed by atoms with Gasteiger partial charge in [0.15, 0.2) is 18.1 Å². The van der Waals surface area contributed by atoms with Gasteiger partial charge in [0.1, 0.15) is 0 Å². The molecule has 0 saturated carbocycles. The van der Waals surface area contributed by atoms with Crippen LogP contribution in [-0.4, -0.2) is 32.7 Å². The lowest BCUT2D eigenvalue weighted by molar-refractivity contribution is -0.119. The van der Waals surface area contributed by atoms with Crippen LogP contribution < -0.4 is 14.8 Å². The number of carbonyl (C=O) groups excluding carboxylic acids is 2. The van der Waals surface area contributed by atoms with Crippen LogP contribution >= 0.6 is 0 Å². The van der Waals surface area contributed by atoms with Crippen LogP contribution in [0.2, 0.25) is 0 Å². The molecule has 0 unspecified atom stereocenters. The second-order valence-electron chi connectivity index (χ2n) is 5.72. The number of methoxy groups -OCH3 is 2. The number of nitrogens with one attached hydrogen (secondary N) is 1. The van der Waals surface area contributed by atoms with E-state index in [9.17, 15) is 9.59 Å². The Bertz CT molecular complexity index is 978. The third-order valence-corrected chi connectivity index (χ3v) is 4.02. The van der Waals surface area contributed by atoms with E-state index in [2.05, 4.69) is 5.32 Å². The summed E-state index contributed by atoms with van der Waals surface area (Å²) in [4.78, 5) is 24.4. The van der Waals surface area contributed by atoms with Crippen LogP contribution in [0.1, 0.15) is 10.4 Å². The summed E-state index contributed by atoms with van der Waals surface area (Å²) in [5, 5.41) is 4.70. The highest BCUT2D eigenvalue weighted by molar-refractivity contribution is 6.03. The molecule has 1 amide bonds. The van der Waals surface area contributed by atoms with Gasteiger partial charge >= 0.3 is 5.97 Å². The maximum absolute atomic E-state index is 12.2. The molecule has 0 aromatic heterocycles. The van der Waals surface area contributed by atoms with Gasteiger partial charge in [-0.1, -0.05) is 36.4 Å². The van der Waals surface area contributed by atoms with E-state index in [1.165, 1.54) is 20.3 Å². The first-order chi connectivity index (χ1) is 13.1. The number of fused-ring (bicyclic) bond motifs is 1. The number of carbonyl (C=O) groups is 2. The zero-order chi connectivity index (χ0) is 19.2. The van der Waals surface area contributed by atoms with Crippen molar-refractivity contribution >= 4 is 28.3 Å². The summed E-state index contributed by atoms with van der Waals surface area (Å²) < 4.78 is 15.4.